The third kappa shape index (κ3) is 4.20. The molecule has 0 atom stereocenters. The van der Waals surface area contributed by atoms with Gasteiger partial charge in [0.25, 0.3) is 5.56 Å². The Morgan fingerprint density at radius 3 is 2.33 bits per heavy atom. The fourth-order valence-electron chi connectivity index (χ4n) is 1.65. The van der Waals surface area contributed by atoms with E-state index in [1.54, 1.807) is 6.92 Å². The molecule has 0 spiro atoms. The average Bonchev–Trinajstić information content (AvgIpc) is 2.12. The molecule has 0 aliphatic heterocycles. The molecule has 1 aromatic heterocycles. The minimum atomic E-state index is -0.527. The van der Waals surface area contributed by atoms with Gasteiger partial charge in [-0.25, -0.2) is 4.79 Å². The molecule has 3 N–H and O–H groups in total. The van der Waals surface area contributed by atoms with Gasteiger partial charge in [0, 0.05) is 23.2 Å². The number of hydrogen-bond acceptors (Lipinski definition) is 3. The highest BCUT2D eigenvalue weighted by Crippen LogP contribution is 2.03. The van der Waals surface area contributed by atoms with Crippen molar-refractivity contribution < 1.29 is 4.79 Å². The van der Waals surface area contributed by atoms with Crippen molar-refractivity contribution in [3.8, 4) is 0 Å². The van der Waals surface area contributed by atoms with E-state index in [-0.39, 0.29) is 17.9 Å². The third-order valence-corrected chi connectivity index (χ3v) is 2.37. The molecule has 0 radical (unpaired) electrons. The summed E-state index contributed by atoms with van der Waals surface area (Å²) in [7, 11) is 0. The average molecular weight is 253 g/mol. The zero-order valence-corrected chi connectivity index (χ0v) is 11.1. The maximum absolute atomic E-state index is 11.6. The molecule has 1 amide bonds. The highest BCUT2D eigenvalue weighted by molar-refractivity contribution is 5.76. The quantitative estimate of drug-likeness (QED) is 0.719. The van der Waals surface area contributed by atoms with Gasteiger partial charge >= 0.3 is 5.69 Å². The van der Waals surface area contributed by atoms with Crippen LogP contribution in [0.2, 0.25) is 0 Å². The van der Waals surface area contributed by atoms with E-state index in [0.29, 0.717) is 17.7 Å². The Labute approximate surface area is 105 Å². The number of carbonyl (C=O) groups excluding carboxylic acids is 1. The van der Waals surface area contributed by atoms with Crippen LogP contribution in [0.4, 0.5) is 0 Å². The number of aromatic nitrogens is 2. The third-order valence-electron chi connectivity index (χ3n) is 2.37. The number of rotatable bonds is 3. The van der Waals surface area contributed by atoms with Crippen molar-refractivity contribution in [3.63, 3.8) is 0 Å². The second-order valence-corrected chi connectivity index (χ2v) is 5.31. The summed E-state index contributed by atoms with van der Waals surface area (Å²) in [5.74, 6) is -0.118. The van der Waals surface area contributed by atoms with Crippen LogP contribution in [-0.2, 0) is 11.2 Å². The van der Waals surface area contributed by atoms with Gasteiger partial charge in [0.15, 0.2) is 0 Å². The van der Waals surface area contributed by atoms with Crippen molar-refractivity contribution >= 4 is 5.91 Å². The molecule has 100 valence electrons. The van der Waals surface area contributed by atoms with Gasteiger partial charge in [-0.05, 0) is 34.1 Å². The molecule has 0 aliphatic carbocycles. The lowest BCUT2D eigenvalue weighted by Gasteiger charge is -2.20. The minimum Gasteiger partial charge on any atom is -0.351 e. The van der Waals surface area contributed by atoms with Gasteiger partial charge in [0.2, 0.25) is 5.91 Å². The van der Waals surface area contributed by atoms with E-state index < -0.39 is 11.2 Å². The molecule has 1 aromatic rings. The Morgan fingerprint density at radius 1 is 1.22 bits per heavy atom. The number of amides is 1. The maximum Gasteiger partial charge on any atom is 0.325 e. The normalized spacial score (nSPS) is 11.3. The van der Waals surface area contributed by atoms with Crippen LogP contribution in [0.3, 0.4) is 0 Å². The molecule has 0 aromatic carbocycles. The Bertz CT molecular complexity index is 549. The molecule has 0 saturated heterocycles. The molecule has 1 rings (SSSR count). The number of aromatic amines is 2. The summed E-state index contributed by atoms with van der Waals surface area (Å²) >= 11 is 0. The second-order valence-electron chi connectivity index (χ2n) is 5.31. The SMILES string of the molecule is Cc1[nH]c(=O)[nH]c(=O)c1CCC(=O)NC(C)(C)C. The first-order valence-corrected chi connectivity index (χ1v) is 5.82. The molecule has 0 fully saturated rings. The van der Waals surface area contributed by atoms with Gasteiger partial charge in [0.1, 0.15) is 0 Å². The van der Waals surface area contributed by atoms with Crippen LogP contribution in [0.5, 0.6) is 0 Å². The van der Waals surface area contributed by atoms with Gasteiger partial charge in [-0.1, -0.05) is 0 Å². The lowest BCUT2D eigenvalue weighted by Crippen LogP contribution is -2.41. The second kappa shape index (κ2) is 5.20. The van der Waals surface area contributed by atoms with Crippen LogP contribution in [0.15, 0.2) is 9.59 Å². The summed E-state index contributed by atoms with van der Waals surface area (Å²) in [6.07, 6.45) is 0.521. The smallest absolute Gasteiger partial charge is 0.325 e. The lowest BCUT2D eigenvalue weighted by molar-refractivity contribution is -0.122. The topological polar surface area (TPSA) is 94.8 Å². The molecule has 0 unspecified atom stereocenters. The largest absolute Gasteiger partial charge is 0.351 e. The molecular formula is C12H19N3O3. The molecule has 18 heavy (non-hydrogen) atoms. The van der Waals surface area contributed by atoms with Crippen LogP contribution in [0.25, 0.3) is 0 Å². The Hall–Kier alpha value is -1.85. The predicted octanol–water partition coefficient (Wildman–Crippen LogP) is 0.219. The van der Waals surface area contributed by atoms with Crippen molar-refractivity contribution in [1.82, 2.24) is 15.3 Å². The first-order valence-electron chi connectivity index (χ1n) is 5.82. The van der Waals surface area contributed by atoms with E-state index in [1.807, 2.05) is 20.8 Å². The number of carbonyl (C=O) groups is 1. The Morgan fingerprint density at radius 2 is 1.83 bits per heavy atom. The van der Waals surface area contributed by atoms with Crippen LogP contribution < -0.4 is 16.6 Å². The summed E-state index contributed by atoms with van der Waals surface area (Å²) < 4.78 is 0. The van der Waals surface area contributed by atoms with Gasteiger partial charge < -0.3 is 10.3 Å². The van der Waals surface area contributed by atoms with Gasteiger partial charge in [0.05, 0.1) is 0 Å². The van der Waals surface area contributed by atoms with E-state index >= 15 is 0 Å². The highest BCUT2D eigenvalue weighted by atomic mass is 16.2. The van der Waals surface area contributed by atoms with E-state index in [0.717, 1.165) is 0 Å². The standard InChI is InChI=1S/C12H19N3O3/c1-7-8(10(17)14-11(18)13-7)5-6-9(16)15-12(2,3)4/h5-6H2,1-4H3,(H,15,16)(H2,13,14,17,18). The molecule has 6 heteroatoms. The number of nitrogens with one attached hydrogen (secondary N) is 3. The van der Waals surface area contributed by atoms with Crippen molar-refractivity contribution in [2.45, 2.75) is 46.1 Å². The van der Waals surface area contributed by atoms with Crippen molar-refractivity contribution in [2.75, 3.05) is 0 Å². The fraction of sp³-hybridized carbons (Fsp3) is 0.583. The molecule has 0 saturated carbocycles. The Kier molecular flexibility index (Phi) is 4.11. The van der Waals surface area contributed by atoms with E-state index in [1.165, 1.54) is 0 Å². The summed E-state index contributed by atoms with van der Waals surface area (Å²) in [4.78, 5) is 38.8. The van der Waals surface area contributed by atoms with E-state index in [4.69, 9.17) is 0 Å². The van der Waals surface area contributed by atoms with Crippen LogP contribution in [0, 0.1) is 6.92 Å². The number of H-pyrrole nitrogens is 2. The summed E-state index contributed by atoms with van der Waals surface area (Å²) in [6.45, 7) is 7.32. The lowest BCUT2D eigenvalue weighted by atomic mass is 10.1. The zero-order chi connectivity index (χ0) is 13.9. The summed E-state index contributed by atoms with van der Waals surface area (Å²) in [6, 6.07) is 0. The summed E-state index contributed by atoms with van der Waals surface area (Å²) in [5.41, 5.74) is -0.296. The fourth-order valence-corrected chi connectivity index (χ4v) is 1.65. The molecule has 1 heterocycles. The van der Waals surface area contributed by atoms with Gasteiger partial charge in [-0.2, -0.15) is 0 Å². The first-order chi connectivity index (χ1) is 8.19. The number of aryl methyl sites for hydroxylation is 1. The van der Waals surface area contributed by atoms with Gasteiger partial charge in [-0.3, -0.25) is 14.6 Å². The highest BCUT2D eigenvalue weighted by Gasteiger charge is 2.14. The Balaban J connectivity index is 2.73. The van der Waals surface area contributed by atoms with Crippen LogP contribution >= 0.6 is 0 Å². The van der Waals surface area contributed by atoms with Crippen molar-refractivity contribution in [2.24, 2.45) is 0 Å². The van der Waals surface area contributed by atoms with E-state index in [9.17, 15) is 14.4 Å². The molecule has 6 nitrogen and oxygen atoms in total. The van der Waals surface area contributed by atoms with E-state index in [2.05, 4.69) is 15.3 Å². The van der Waals surface area contributed by atoms with Crippen LogP contribution in [-0.4, -0.2) is 21.4 Å². The van der Waals surface area contributed by atoms with Crippen LogP contribution in [0.1, 0.15) is 38.4 Å². The minimum absolute atomic E-state index is 0.118. The zero-order valence-electron chi connectivity index (χ0n) is 11.1. The van der Waals surface area contributed by atoms with Gasteiger partial charge in [-0.15, -0.1) is 0 Å². The first kappa shape index (κ1) is 14.2. The van der Waals surface area contributed by atoms with Crippen molar-refractivity contribution in [3.05, 3.63) is 32.1 Å². The molecule has 0 bridgehead atoms. The predicted molar refractivity (Wildman–Crippen MR) is 68.6 cm³/mol. The summed E-state index contributed by atoms with van der Waals surface area (Å²) in [5, 5.41) is 2.82. The van der Waals surface area contributed by atoms with Crippen molar-refractivity contribution in [1.29, 1.82) is 0 Å². The monoisotopic (exact) mass is 253 g/mol. The molecular weight excluding hydrogens is 234 g/mol. The molecule has 0 aliphatic rings. The number of hydrogen-bond donors (Lipinski definition) is 3. The maximum atomic E-state index is 11.6.